The molecule has 40 heavy (non-hydrogen) atoms. The van der Waals surface area contributed by atoms with Crippen molar-refractivity contribution in [3.8, 4) is 0 Å². The van der Waals surface area contributed by atoms with Crippen LogP contribution in [-0.2, 0) is 22.5 Å². The fraction of sp³-hybridized carbons (Fsp3) is 0.483. The Kier molecular flexibility index (Phi) is 8.78. The molecule has 3 aromatic rings. The summed E-state index contributed by atoms with van der Waals surface area (Å²) in [7, 11) is 0. The van der Waals surface area contributed by atoms with E-state index in [1.54, 1.807) is 17.2 Å². The van der Waals surface area contributed by atoms with E-state index in [2.05, 4.69) is 45.2 Å². The van der Waals surface area contributed by atoms with Crippen LogP contribution in [0.15, 0.2) is 42.7 Å². The summed E-state index contributed by atoms with van der Waals surface area (Å²) in [6, 6.07) is 5.67. The summed E-state index contributed by atoms with van der Waals surface area (Å²) >= 11 is 0. The average molecular weight is 547 g/mol. The Morgan fingerprint density at radius 1 is 1.02 bits per heavy atom. The topological polar surface area (TPSA) is 117 Å². The molecule has 2 aliphatic heterocycles. The standard InChI is InChI=1S/C29H38N8O3/c1-3-23-19-32-37-25(16-26(34-27(23)37)35-12-6-4-7-13-35)31-18-22-10-11-24(30-17-22)33-29(39)40-20-21(2)28(38)36-14-8-5-9-15-36/h10-11,16-17,19,31H,2-9,12-15,18,20H2,1H3,(H,30,33,39). The second-order valence-corrected chi connectivity index (χ2v) is 10.4. The minimum absolute atomic E-state index is 0.155. The molecule has 2 fully saturated rings. The van der Waals surface area contributed by atoms with Crippen LogP contribution in [0, 0.1) is 0 Å². The van der Waals surface area contributed by atoms with E-state index in [-0.39, 0.29) is 18.1 Å². The van der Waals surface area contributed by atoms with E-state index in [0.29, 0.717) is 12.4 Å². The lowest BCUT2D eigenvalue weighted by atomic mass is 10.1. The van der Waals surface area contributed by atoms with Crippen LogP contribution in [0.4, 0.5) is 22.2 Å². The zero-order valence-electron chi connectivity index (χ0n) is 23.2. The third-order valence-corrected chi connectivity index (χ3v) is 7.44. The zero-order valence-corrected chi connectivity index (χ0v) is 23.2. The summed E-state index contributed by atoms with van der Waals surface area (Å²) in [5.74, 6) is 2.05. The fourth-order valence-electron chi connectivity index (χ4n) is 5.13. The summed E-state index contributed by atoms with van der Waals surface area (Å²) < 4.78 is 7.06. The van der Waals surface area contributed by atoms with E-state index in [4.69, 9.17) is 9.72 Å². The first-order valence-corrected chi connectivity index (χ1v) is 14.2. The third-order valence-electron chi connectivity index (χ3n) is 7.44. The maximum absolute atomic E-state index is 12.4. The summed E-state index contributed by atoms with van der Waals surface area (Å²) in [5.41, 5.74) is 3.20. The number of nitrogens with one attached hydrogen (secondary N) is 2. The van der Waals surface area contributed by atoms with Gasteiger partial charge in [-0.25, -0.2) is 14.8 Å². The van der Waals surface area contributed by atoms with Crippen molar-refractivity contribution in [2.45, 2.75) is 58.4 Å². The average Bonchev–Trinajstić information content (AvgIpc) is 3.43. The van der Waals surface area contributed by atoms with Gasteiger partial charge in [0.05, 0.1) is 6.20 Å². The molecule has 0 aromatic carbocycles. The molecule has 3 aromatic heterocycles. The molecule has 0 spiro atoms. The molecule has 0 radical (unpaired) electrons. The molecule has 5 heterocycles. The Morgan fingerprint density at radius 3 is 2.48 bits per heavy atom. The monoisotopic (exact) mass is 546 g/mol. The highest BCUT2D eigenvalue weighted by atomic mass is 16.5. The van der Waals surface area contributed by atoms with Crippen molar-refractivity contribution in [1.82, 2.24) is 24.5 Å². The van der Waals surface area contributed by atoms with Crippen LogP contribution in [0.25, 0.3) is 5.65 Å². The van der Waals surface area contributed by atoms with Crippen LogP contribution < -0.4 is 15.5 Å². The minimum atomic E-state index is -0.680. The van der Waals surface area contributed by atoms with Gasteiger partial charge in [-0.2, -0.15) is 9.61 Å². The number of ether oxygens (including phenoxy) is 1. The molecule has 2 N–H and O–H groups in total. The highest BCUT2D eigenvalue weighted by molar-refractivity contribution is 5.93. The lowest BCUT2D eigenvalue weighted by molar-refractivity contribution is -0.128. The molecule has 212 valence electrons. The van der Waals surface area contributed by atoms with Gasteiger partial charge >= 0.3 is 6.09 Å². The van der Waals surface area contributed by atoms with Gasteiger partial charge in [-0.3, -0.25) is 10.1 Å². The maximum Gasteiger partial charge on any atom is 0.413 e. The second-order valence-electron chi connectivity index (χ2n) is 10.4. The highest BCUT2D eigenvalue weighted by Crippen LogP contribution is 2.25. The van der Waals surface area contributed by atoms with Gasteiger partial charge in [0.25, 0.3) is 5.91 Å². The van der Waals surface area contributed by atoms with Gasteiger partial charge in [0.15, 0.2) is 5.65 Å². The largest absolute Gasteiger partial charge is 0.444 e. The van der Waals surface area contributed by atoms with Crippen molar-refractivity contribution >= 4 is 35.1 Å². The molecule has 2 aliphatic rings. The van der Waals surface area contributed by atoms with Crippen molar-refractivity contribution < 1.29 is 14.3 Å². The van der Waals surface area contributed by atoms with Gasteiger partial charge in [-0.1, -0.05) is 19.6 Å². The Labute approximate surface area is 234 Å². The van der Waals surface area contributed by atoms with Crippen LogP contribution in [0.2, 0.25) is 0 Å². The maximum atomic E-state index is 12.4. The fourth-order valence-corrected chi connectivity index (χ4v) is 5.13. The number of aromatic nitrogens is 4. The number of nitrogens with zero attached hydrogens (tertiary/aromatic N) is 6. The summed E-state index contributed by atoms with van der Waals surface area (Å²) in [6.07, 6.45) is 10.5. The first kappa shape index (κ1) is 27.4. The number of hydrogen-bond donors (Lipinski definition) is 2. The molecule has 5 rings (SSSR count). The lowest BCUT2D eigenvalue weighted by Crippen LogP contribution is -2.37. The van der Waals surface area contributed by atoms with Crippen LogP contribution in [0.1, 0.15) is 56.6 Å². The molecule has 0 atom stereocenters. The number of carbonyl (C=O) groups excluding carboxylic acids is 2. The number of carbonyl (C=O) groups is 2. The van der Waals surface area contributed by atoms with Crippen molar-refractivity contribution in [3.63, 3.8) is 0 Å². The molecule has 0 unspecified atom stereocenters. The quantitative estimate of drug-likeness (QED) is 0.379. The molecule has 0 bridgehead atoms. The van der Waals surface area contributed by atoms with Gasteiger partial charge in [0, 0.05) is 56.1 Å². The van der Waals surface area contributed by atoms with Gasteiger partial charge in [0.2, 0.25) is 0 Å². The Morgan fingerprint density at radius 2 is 1.77 bits per heavy atom. The normalized spacial score (nSPS) is 15.6. The Hall–Kier alpha value is -4.15. The molecule has 2 saturated heterocycles. The van der Waals surface area contributed by atoms with E-state index in [1.165, 1.54) is 19.3 Å². The van der Waals surface area contributed by atoms with Gasteiger partial charge in [0.1, 0.15) is 24.1 Å². The van der Waals surface area contributed by atoms with E-state index in [9.17, 15) is 9.59 Å². The molecule has 11 nitrogen and oxygen atoms in total. The molecule has 0 aliphatic carbocycles. The Balaban J connectivity index is 1.16. The number of anilines is 3. The summed E-state index contributed by atoms with van der Waals surface area (Å²) in [5, 5.41) is 10.7. The van der Waals surface area contributed by atoms with E-state index < -0.39 is 6.09 Å². The van der Waals surface area contributed by atoms with Crippen LogP contribution >= 0.6 is 0 Å². The predicted molar refractivity (Wildman–Crippen MR) is 155 cm³/mol. The highest BCUT2D eigenvalue weighted by Gasteiger charge is 2.20. The van der Waals surface area contributed by atoms with E-state index >= 15 is 0 Å². The predicted octanol–water partition coefficient (Wildman–Crippen LogP) is 4.41. The number of piperidine rings is 2. The van der Waals surface area contributed by atoms with Crippen LogP contribution in [0.5, 0.6) is 0 Å². The molecule has 0 saturated carbocycles. The number of rotatable bonds is 9. The van der Waals surface area contributed by atoms with Crippen molar-refractivity contribution in [1.29, 1.82) is 0 Å². The number of pyridine rings is 1. The number of aryl methyl sites for hydroxylation is 1. The Bertz CT molecular complexity index is 1340. The first-order chi connectivity index (χ1) is 19.5. The molecular weight excluding hydrogens is 508 g/mol. The van der Waals surface area contributed by atoms with Crippen LogP contribution in [0.3, 0.4) is 0 Å². The second kappa shape index (κ2) is 12.8. The summed E-state index contributed by atoms with van der Waals surface area (Å²) in [4.78, 5) is 38.1. The van der Waals surface area contributed by atoms with Gasteiger partial charge in [-0.15, -0.1) is 0 Å². The van der Waals surface area contributed by atoms with Gasteiger partial charge < -0.3 is 19.9 Å². The smallest absolute Gasteiger partial charge is 0.413 e. The van der Waals surface area contributed by atoms with E-state index in [0.717, 1.165) is 80.3 Å². The summed E-state index contributed by atoms with van der Waals surface area (Å²) in [6.45, 7) is 9.75. The molecular formula is C29H38N8O3. The first-order valence-electron chi connectivity index (χ1n) is 14.2. The van der Waals surface area contributed by atoms with E-state index in [1.807, 2.05) is 16.8 Å². The molecule has 2 amide bonds. The molecule has 11 heteroatoms. The number of likely N-dealkylation sites (tertiary alicyclic amines) is 1. The van der Waals surface area contributed by atoms with Gasteiger partial charge in [-0.05, 0) is 56.6 Å². The third kappa shape index (κ3) is 6.52. The SMILES string of the molecule is C=C(COC(=O)Nc1ccc(CNc2cc(N3CCCCC3)nc3c(CC)cnn23)cn1)C(=O)N1CCCCC1. The van der Waals surface area contributed by atoms with Crippen molar-refractivity contribution in [2.24, 2.45) is 0 Å². The van der Waals surface area contributed by atoms with Crippen molar-refractivity contribution in [2.75, 3.05) is 48.3 Å². The number of amides is 2. The number of hydrogen-bond acceptors (Lipinski definition) is 8. The minimum Gasteiger partial charge on any atom is -0.444 e. The lowest BCUT2D eigenvalue weighted by Gasteiger charge is -2.28. The number of fused-ring (bicyclic) bond motifs is 1. The van der Waals surface area contributed by atoms with Crippen LogP contribution in [-0.4, -0.2) is 69.3 Å². The van der Waals surface area contributed by atoms with Crippen molar-refractivity contribution in [3.05, 3.63) is 53.9 Å². The zero-order chi connectivity index (χ0) is 27.9.